The number of amides is 1. The maximum Gasteiger partial charge on any atom is 0.276 e. The van der Waals surface area contributed by atoms with Gasteiger partial charge in [0.15, 0.2) is 11.5 Å². The van der Waals surface area contributed by atoms with Crippen LogP contribution in [0.4, 0.5) is 0 Å². The van der Waals surface area contributed by atoms with Gasteiger partial charge >= 0.3 is 0 Å². The molecule has 6 heteroatoms. The Bertz CT molecular complexity index is 883. The third-order valence-electron chi connectivity index (χ3n) is 6.34. The van der Waals surface area contributed by atoms with Gasteiger partial charge in [0.25, 0.3) is 5.91 Å². The van der Waals surface area contributed by atoms with Crippen LogP contribution in [0.3, 0.4) is 0 Å². The van der Waals surface area contributed by atoms with Gasteiger partial charge in [-0.1, -0.05) is 69.2 Å². The Kier molecular flexibility index (Phi) is 4.60. The molecular formula is C22H28N4O2. The van der Waals surface area contributed by atoms with Gasteiger partial charge < -0.3 is 4.90 Å². The van der Waals surface area contributed by atoms with Crippen molar-refractivity contribution in [3.63, 3.8) is 0 Å². The highest BCUT2D eigenvalue weighted by molar-refractivity contribution is 5.93. The number of ketones is 1. The summed E-state index contributed by atoms with van der Waals surface area (Å²) in [6.07, 6.45) is 6.12. The van der Waals surface area contributed by atoms with Crippen LogP contribution >= 0.6 is 0 Å². The molecule has 1 saturated carbocycles. The Hall–Kier alpha value is -2.50. The minimum absolute atomic E-state index is 0.0634. The zero-order valence-corrected chi connectivity index (χ0v) is 16.9. The number of carbonyl (C=O) groups is 2. The van der Waals surface area contributed by atoms with E-state index in [1.807, 2.05) is 43.9 Å². The second-order valence-corrected chi connectivity index (χ2v) is 9.12. The number of aromatic nitrogens is 3. The second-order valence-electron chi connectivity index (χ2n) is 9.12. The third kappa shape index (κ3) is 3.05. The van der Waals surface area contributed by atoms with Crippen LogP contribution in [0.5, 0.6) is 0 Å². The van der Waals surface area contributed by atoms with Crippen LogP contribution < -0.4 is 0 Å². The Balaban J connectivity index is 1.58. The maximum absolute atomic E-state index is 13.3. The number of rotatable bonds is 4. The monoisotopic (exact) mass is 380 g/mol. The summed E-state index contributed by atoms with van der Waals surface area (Å²) in [4.78, 5) is 27.5. The number of carbonyl (C=O) groups excluding carboxylic acids is 2. The number of benzene rings is 1. The quantitative estimate of drug-likeness (QED) is 0.815. The molecule has 2 aliphatic rings. The SMILES string of the molecule is CC(C)(C)C(=O)Cn1cc(C(=O)N2C[C@H]3CCCC[C@]32c2ccccc2)nn1. The van der Waals surface area contributed by atoms with E-state index in [9.17, 15) is 9.59 Å². The zero-order chi connectivity index (χ0) is 19.9. The minimum Gasteiger partial charge on any atom is -0.327 e. The number of nitrogens with zero attached hydrogens (tertiary/aromatic N) is 4. The molecule has 0 bridgehead atoms. The Labute approximate surface area is 165 Å². The fourth-order valence-corrected chi connectivity index (χ4v) is 4.62. The first-order chi connectivity index (χ1) is 13.3. The van der Waals surface area contributed by atoms with Crippen molar-refractivity contribution in [1.29, 1.82) is 0 Å². The molecule has 1 aromatic carbocycles. The van der Waals surface area contributed by atoms with Crippen molar-refractivity contribution >= 4 is 11.7 Å². The lowest BCUT2D eigenvalue weighted by Crippen LogP contribution is -2.67. The predicted octanol–water partition coefficient (Wildman–Crippen LogP) is 3.43. The van der Waals surface area contributed by atoms with Crippen molar-refractivity contribution in [2.75, 3.05) is 6.54 Å². The summed E-state index contributed by atoms with van der Waals surface area (Å²) in [5.74, 6) is 0.482. The molecule has 2 heterocycles. The van der Waals surface area contributed by atoms with Gasteiger partial charge in [-0.3, -0.25) is 9.59 Å². The number of hydrogen-bond donors (Lipinski definition) is 0. The van der Waals surface area contributed by atoms with Crippen LogP contribution in [-0.4, -0.2) is 38.1 Å². The summed E-state index contributed by atoms with van der Waals surface area (Å²) >= 11 is 0. The molecule has 148 valence electrons. The molecule has 1 amide bonds. The van der Waals surface area contributed by atoms with Crippen LogP contribution in [-0.2, 0) is 16.9 Å². The van der Waals surface area contributed by atoms with Gasteiger partial charge in [0, 0.05) is 17.9 Å². The summed E-state index contributed by atoms with van der Waals surface area (Å²) in [6, 6.07) is 10.4. The van der Waals surface area contributed by atoms with E-state index in [2.05, 4.69) is 22.4 Å². The average molecular weight is 380 g/mol. The molecule has 2 fully saturated rings. The number of hydrogen-bond acceptors (Lipinski definition) is 4. The number of fused-ring (bicyclic) bond motifs is 1. The first kappa shape index (κ1) is 18.8. The molecule has 1 saturated heterocycles. The van der Waals surface area contributed by atoms with Crippen LogP contribution in [0.2, 0.25) is 0 Å². The normalized spacial score (nSPS) is 24.4. The lowest BCUT2D eigenvalue weighted by molar-refractivity contribution is -0.127. The topological polar surface area (TPSA) is 68.1 Å². The van der Waals surface area contributed by atoms with Crippen LogP contribution in [0, 0.1) is 11.3 Å². The summed E-state index contributed by atoms with van der Waals surface area (Å²) in [5, 5.41) is 8.12. The third-order valence-corrected chi connectivity index (χ3v) is 6.34. The summed E-state index contributed by atoms with van der Waals surface area (Å²) < 4.78 is 1.48. The van der Waals surface area contributed by atoms with E-state index in [0.717, 1.165) is 25.8 Å². The minimum atomic E-state index is -0.444. The van der Waals surface area contributed by atoms with E-state index in [4.69, 9.17) is 0 Å². The van der Waals surface area contributed by atoms with Gasteiger partial charge in [0.1, 0.15) is 6.54 Å². The van der Waals surface area contributed by atoms with Crippen molar-refractivity contribution in [3.05, 3.63) is 47.8 Å². The van der Waals surface area contributed by atoms with Gasteiger partial charge in [-0.05, 0) is 18.4 Å². The second kappa shape index (κ2) is 6.83. The smallest absolute Gasteiger partial charge is 0.276 e. The highest BCUT2D eigenvalue weighted by atomic mass is 16.2. The van der Waals surface area contributed by atoms with Gasteiger partial charge in [0.2, 0.25) is 0 Å². The molecular weight excluding hydrogens is 352 g/mol. The van der Waals surface area contributed by atoms with Crippen molar-refractivity contribution in [2.45, 2.75) is 58.5 Å². The molecule has 1 aliphatic carbocycles. The van der Waals surface area contributed by atoms with Gasteiger partial charge in [-0.15, -0.1) is 5.10 Å². The lowest BCUT2D eigenvalue weighted by Gasteiger charge is -2.61. The Morgan fingerprint density at radius 3 is 2.61 bits per heavy atom. The fourth-order valence-electron chi connectivity index (χ4n) is 4.62. The van der Waals surface area contributed by atoms with Crippen molar-refractivity contribution < 1.29 is 9.59 Å². The highest BCUT2D eigenvalue weighted by Gasteiger charge is 2.57. The Morgan fingerprint density at radius 1 is 1.18 bits per heavy atom. The van der Waals surface area contributed by atoms with E-state index in [1.54, 1.807) is 6.20 Å². The van der Waals surface area contributed by atoms with Gasteiger partial charge in [-0.25, -0.2) is 4.68 Å². The standard InChI is InChI=1S/C22H28N4O2/c1-21(2,3)19(27)15-25-14-18(23-24-25)20(28)26-13-17-11-7-8-12-22(17,26)16-9-5-4-6-10-16/h4-6,9-10,14,17H,7-8,11-13,15H2,1-3H3/t17-,22+/m1/s1. The summed E-state index contributed by atoms with van der Waals surface area (Å²) in [5.41, 5.74) is 0.873. The molecule has 28 heavy (non-hydrogen) atoms. The molecule has 0 unspecified atom stereocenters. The molecule has 6 nitrogen and oxygen atoms in total. The average Bonchev–Trinajstić information content (AvgIpc) is 3.11. The summed E-state index contributed by atoms with van der Waals surface area (Å²) in [6.45, 7) is 6.54. The molecule has 0 spiro atoms. The highest BCUT2D eigenvalue weighted by Crippen LogP contribution is 2.54. The van der Waals surface area contributed by atoms with E-state index < -0.39 is 5.41 Å². The van der Waals surface area contributed by atoms with Gasteiger partial charge in [0.05, 0.1) is 11.7 Å². The van der Waals surface area contributed by atoms with Crippen molar-refractivity contribution in [2.24, 2.45) is 11.3 Å². The number of likely N-dealkylation sites (tertiary alicyclic amines) is 1. The molecule has 2 aromatic rings. The van der Waals surface area contributed by atoms with Gasteiger partial charge in [-0.2, -0.15) is 0 Å². The Morgan fingerprint density at radius 2 is 1.93 bits per heavy atom. The first-order valence-electron chi connectivity index (χ1n) is 10.1. The van der Waals surface area contributed by atoms with E-state index in [0.29, 0.717) is 11.6 Å². The van der Waals surface area contributed by atoms with Crippen LogP contribution in [0.1, 0.15) is 62.5 Å². The first-order valence-corrected chi connectivity index (χ1v) is 10.1. The predicted molar refractivity (Wildman–Crippen MR) is 106 cm³/mol. The van der Waals surface area contributed by atoms with Crippen molar-refractivity contribution in [1.82, 2.24) is 19.9 Å². The molecule has 0 radical (unpaired) electrons. The van der Waals surface area contributed by atoms with E-state index in [-0.39, 0.29) is 23.8 Å². The molecule has 1 aromatic heterocycles. The largest absolute Gasteiger partial charge is 0.327 e. The maximum atomic E-state index is 13.3. The lowest BCUT2D eigenvalue weighted by atomic mass is 9.61. The molecule has 0 N–H and O–H groups in total. The molecule has 2 atom stereocenters. The number of Topliss-reactive ketones (excluding diaryl/α,β-unsaturated/α-hetero) is 1. The van der Waals surface area contributed by atoms with Crippen LogP contribution in [0.25, 0.3) is 0 Å². The van der Waals surface area contributed by atoms with Crippen LogP contribution in [0.15, 0.2) is 36.5 Å². The van der Waals surface area contributed by atoms with E-state index >= 15 is 0 Å². The zero-order valence-electron chi connectivity index (χ0n) is 16.9. The summed E-state index contributed by atoms with van der Waals surface area (Å²) in [7, 11) is 0. The van der Waals surface area contributed by atoms with E-state index in [1.165, 1.54) is 16.7 Å². The fraction of sp³-hybridized carbons (Fsp3) is 0.545. The molecule has 4 rings (SSSR count). The molecule has 1 aliphatic heterocycles. The van der Waals surface area contributed by atoms with Crippen molar-refractivity contribution in [3.8, 4) is 0 Å².